The van der Waals surface area contributed by atoms with Crippen molar-refractivity contribution in [1.29, 1.82) is 0 Å². The summed E-state index contributed by atoms with van der Waals surface area (Å²) in [5.41, 5.74) is -0.354. The molecule has 0 rings (SSSR count). The number of ether oxygens (including phenoxy) is 2. The van der Waals surface area contributed by atoms with Gasteiger partial charge in [-0.25, -0.2) is 0 Å². The summed E-state index contributed by atoms with van der Waals surface area (Å²) in [6.07, 6.45) is 2.29. The van der Waals surface area contributed by atoms with Gasteiger partial charge in [0.2, 0.25) is 0 Å². The fraction of sp³-hybridized carbons (Fsp3) is 0.952. The van der Waals surface area contributed by atoms with Gasteiger partial charge in [-0.1, -0.05) is 41.5 Å². The van der Waals surface area contributed by atoms with E-state index in [2.05, 4.69) is 19.2 Å². The highest BCUT2D eigenvalue weighted by atomic mass is 16.5. The highest BCUT2D eigenvalue weighted by Gasteiger charge is 2.22. The maximum absolute atomic E-state index is 10.9. The van der Waals surface area contributed by atoms with Crippen molar-refractivity contribution in [2.75, 3.05) is 26.8 Å². The first-order chi connectivity index (χ1) is 11.7. The Morgan fingerprint density at radius 2 is 1.20 bits per heavy atom. The summed E-state index contributed by atoms with van der Waals surface area (Å²) >= 11 is 0. The van der Waals surface area contributed by atoms with Crippen LogP contribution in [0.15, 0.2) is 0 Å². The molecule has 0 saturated heterocycles. The van der Waals surface area contributed by atoms with Gasteiger partial charge in [-0.15, -0.1) is 0 Å². The van der Waals surface area contributed by atoms with E-state index in [1.54, 1.807) is 6.92 Å². The lowest BCUT2D eigenvalue weighted by molar-refractivity contribution is -0.120. The quantitative estimate of drug-likeness (QED) is 0.516. The van der Waals surface area contributed by atoms with Crippen LogP contribution < -0.4 is 5.32 Å². The number of Topliss-reactive ketones (excluding diaryl/α,β-unsaturated/α-hetero) is 1. The minimum atomic E-state index is -0.242. The van der Waals surface area contributed by atoms with Crippen molar-refractivity contribution < 1.29 is 14.3 Å². The molecule has 0 aliphatic carbocycles. The first-order valence-corrected chi connectivity index (χ1v) is 10.1. The van der Waals surface area contributed by atoms with Crippen LogP contribution in [-0.4, -0.2) is 43.8 Å². The largest absolute Gasteiger partial charge is 0.375 e. The zero-order chi connectivity index (χ0) is 20.9. The van der Waals surface area contributed by atoms with E-state index in [4.69, 9.17) is 9.47 Å². The SMILES string of the molecule is CC.CC.CC.CNCCC(C)(C)OCCC(C)(C)OCCC(C)=O. The second kappa shape index (κ2) is 21.6. The molecule has 0 atom stereocenters. The molecule has 0 bridgehead atoms. The van der Waals surface area contributed by atoms with Crippen LogP contribution in [-0.2, 0) is 14.3 Å². The van der Waals surface area contributed by atoms with Crippen molar-refractivity contribution in [2.24, 2.45) is 0 Å². The van der Waals surface area contributed by atoms with Crippen molar-refractivity contribution in [3.63, 3.8) is 0 Å². The Labute approximate surface area is 159 Å². The number of carbonyl (C=O) groups excluding carboxylic acids is 1. The minimum Gasteiger partial charge on any atom is -0.375 e. The first-order valence-electron chi connectivity index (χ1n) is 10.1. The van der Waals surface area contributed by atoms with Crippen molar-refractivity contribution in [3.05, 3.63) is 0 Å². The number of ketones is 1. The van der Waals surface area contributed by atoms with Crippen LogP contribution in [0.3, 0.4) is 0 Å². The number of rotatable bonds is 11. The standard InChI is InChI=1S/C15H31NO3.3C2H6/c1-13(17)7-11-18-15(4,5)9-12-19-14(2,3)8-10-16-6;3*1-2/h16H,7-12H2,1-6H3;3*1-2H3. The van der Waals surface area contributed by atoms with E-state index in [0.29, 0.717) is 19.6 Å². The zero-order valence-corrected chi connectivity index (χ0v) is 19.5. The maximum atomic E-state index is 10.9. The molecule has 4 nitrogen and oxygen atoms in total. The molecule has 0 aromatic rings. The second-order valence-corrected chi connectivity index (χ2v) is 6.27. The first kappa shape index (κ1) is 32.2. The molecule has 0 heterocycles. The van der Waals surface area contributed by atoms with Crippen molar-refractivity contribution in [2.45, 2.75) is 107 Å². The third-order valence-corrected chi connectivity index (χ3v) is 3.12. The normalized spacial score (nSPS) is 10.4. The lowest BCUT2D eigenvalue weighted by Gasteiger charge is -2.29. The number of carbonyl (C=O) groups is 1. The third-order valence-electron chi connectivity index (χ3n) is 3.12. The Kier molecular flexibility index (Phi) is 27.8. The van der Waals surface area contributed by atoms with Gasteiger partial charge in [0, 0.05) is 6.42 Å². The van der Waals surface area contributed by atoms with Crippen LogP contribution in [0.25, 0.3) is 0 Å². The van der Waals surface area contributed by atoms with E-state index in [-0.39, 0.29) is 17.0 Å². The van der Waals surface area contributed by atoms with Crippen molar-refractivity contribution in [3.8, 4) is 0 Å². The van der Waals surface area contributed by atoms with Gasteiger partial charge >= 0.3 is 0 Å². The molecule has 0 aliphatic heterocycles. The van der Waals surface area contributed by atoms with Crippen LogP contribution in [0.2, 0.25) is 0 Å². The van der Waals surface area contributed by atoms with Crippen LogP contribution >= 0.6 is 0 Å². The molecule has 0 aromatic carbocycles. The summed E-state index contributed by atoms with van der Waals surface area (Å²) in [6.45, 7) is 24.0. The van der Waals surface area contributed by atoms with Gasteiger partial charge in [0.05, 0.1) is 24.4 Å². The molecule has 0 aromatic heterocycles. The van der Waals surface area contributed by atoms with Crippen molar-refractivity contribution in [1.82, 2.24) is 5.32 Å². The zero-order valence-electron chi connectivity index (χ0n) is 19.5. The van der Waals surface area contributed by atoms with E-state index >= 15 is 0 Å². The summed E-state index contributed by atoms with van der Waals surface area (Å²) in [5.74, 6) is 0.167. The predicted octanol–water partition coefficient (Wildman–Crippen LogP) is 5.63. The average Bonchev–Trinajstić information content (AvgIpc) is 2.57. The van der Waals surface area contributed by atoms with Gasteiger partial charge in [-0.2, -0.15) is 0 Å². The molecule has 0 aliphatic rings. The molecular formula is C21H49NO3. The highest BCUT2D eigenvalue weighted by Crippen LogP contribution is 2.19. The number of nitrogens with one attached hydrogen (secondary N) is 1. The van der Waals surface area contributed by atoms with Crippen molar-refractivity contribution >= 4 is 5.78 Å². The molecule has 0 radical (unpaired) electrons. The van der Waals surface area contributed by atoms with Gasteiger partial charge in [-0.05, 0) is 61.1 Å². The predicted molar refractivity (Wildman–Crippen MR) is 113 cm³/mol. The Bertz CT molecular complexity index is 264. The van der Waals surface area contributed by atoms with Crippen LogP contribution in [0.4, 0.5) is 0 Å². The fourth-order valence-electron chi connectivity index (χ4n) is 1.61. The summed E-state index contributed by atoms with van der Waals surface area (Å²) in [5, 5.41) is 3.13. The summed E-state index contributed by atoms with van der Waals surface area (Å²) in [7, 11) is 1.95. The summed E-state index contributed by atoms with van der Waals surface area (Å²) < 4.78 is 11.6. The molecule has 4 heteroatoms. The third kappa shape index (κ3) is 28.6. The molecule has 0 fully saturated rings. The van der Waals surface area contributed by atoms with E-state index in [1.807, 2.05) is 62.4 Å². The lowest BCUT2D eigenvalue weighted by Crippen LogP contribution is -2.33. The molecule has 0 spiro atoms. The molecule has 0 amide bonds. The van der Waals surface area contributed by atoms with E-state index in [9.17, 15) is 4.79 Å². The Balaban J connectivity index is -0.000000329. The molecular weight excluding hydrogens is 314 g/mol. The summed E-state index contributed by atoms with van der Waals surface area (Å²) in [6, 6.07) is 0. The Hall–Kier alpha value is -0.450. The molecule has 0 saturated carbocycles. The topological polar surface area (TPSA) is 47.6 Å². The van der Waals surface area contributed by atoms with Gasteiger partial charge in [0.1, 0.15) is 5.78 Å². The van der Waals surface area contributed by atoms with Crippen LogP contribution in [0.1, 0.15) is 95.4 Å². The molecule has 156 valence electrons. The Morgan fingerprint density at radius 3 is 1.60 bits per heavy atom. The highest BCUT2D eigenvalue weighted by molar-refractivity contribution is 5.75. The van der Waals surface area contributed by atoms with Gasteiger partial charge < -0.3 is 14.8 Å². The summed E-state index contributed by atoms with van der Waals surface area (Å²) in [4.78, 5) is 10.9. The van der Waals surface area contributed by atoms with E-state index in [1.165, 1.54) is 0 Å². The van der Waals surface area contributed by atoms with Gasteiger partial charge in [-0.3, -0.25) is 4.79 Å². The van der Waals surface area contributed by atoms with E-state index < -0.39 is 0 Å². The molecule has 25 heavy (non-hydrogen) atoms. The van der Waals surface area contributed by atoms with Crippen LogP contribution in [0.5, 0.6) is 0 Å². The smallest absolute Gasteiger partial charge is 0.132 e. The van der Waals surface area contributed by atoms with Gasteiger partial charge in [0.15, 0.2) is 0 Å². The Morgan fingerprint density at radius 1 is 0.800 bits per heavy atom. The lowest BCUT2D eigenvalue weighted by atomic mass is 10.0. The number of hydrogen-bond acceptors (Lipinski definition) is 4. The number of hydrogen-bond donors (Lipinski definition) is 1. The molecule has 0 unspecified atom stereocenters. The maximum Gasteiger partial charge on any atom is 0.132 e. The molecule has 1 N–H and O–H groups in total. The monoisotopic (exact) mass is 363 g/mol. The van der Waals surface area contributed by atoms with Crippen LogP contribution in [0, 0.1) is 0 Å². The van der Waals surface area contributed by atoms with Gasteiger partial charge in [0.25, 0.3) is 0 Å². The van der Waals surface area contributed by atoms with E-state index in [0.717, 1.165) is 19.4 Å². The average molecular weight is 364 g/mol. The second-order valence-electron chi connectivity index (χ2n) is 6.27. The fourth-order valence-corrected chi connectivity index (χ4v) is 1.61. The minimum absolute atomic E-state index is 0.113.